The molecule has 10 heteroatoms. The lowest BCUT2D eigenvalue weighted by atomic mass is 10.2. The summed E-state index contributed by atoms with van der Waals surface area (Å²) in [6.45, 7) is 2.33. The van der Waals surface area contributed by atoms with Crippen LogP contribution in [0.2, 0.25) is 5.02 Å². The number of hydrogen-bond acceptors (Lipinski definition) is 6. The van der Waals surface area contributed by atoms with Crippen molar-refractivity contribution in [3.05, 3.63) is 114 Å². The van der Waals surface area contributed by atoms with Gasteiger partial charge in [-0.05, 0) is 85.9 Å². The molecule has 0 heterocycles. The number of rotatable bonds is 11. The molecule has 0 aliphatic carbocycles. The van der Waals surface area contributed by atoms with Gasteiger partial charge in [0.2, 0.25) is 0 Å². The zero-order chi connectivity index (χ0) is 29.0. The third-order valence-electron chi connectivity index (χ3n) is 5.61. The Morgan fingerprint density at radius 3 is 2.10 bits per heavy atom. The van der Waals surface area contributed by atoms with Crippen molar-refractivity contribution in [1.82, 2.24) is 5.32 Å². The highest BCUT2D eigenvalue weighted by Gasteiger charge is 2.16. The maximum Gasteiger partial charge on any atom is 0.265 e. The highest BCUT2D eigenvalue weighted by Crippen LogP contribution is 2.24. The van der Waals surface area contributed by atoms with Gasteiger partial charge in [0.05, 0.1) is 5.02 Å². The van der Waals surface area contributed by atoms with Gasteiger partial charge in [-0.3, -0.25) is 14.9 Å². The van der Waals surface area contributed by atoms with E-state index in [-0.39, 0.29) is 16.9 Å². The Morgan fingerprint density at radius 1 is 0.780 bits per heavy atom. The maximum atomic E-state index is 12.7. The van der Waals surface area contributed by atoms with Gasteiger partial charge >= 0.3 is 0 Å². The predicted molar refractivity (Wildman–Crippen MR) is 164 cm³/mol. The minimum absolute atomic E-state index is 0.121. The number of carbonyl (C=O) groups excluding carboxylic acids is 2. The van der Waals surface area contributed by atoms with Crippen LogP contribution in [0, 0.1) is 0 Å². The van der Waals surface area contributed by atoms with Crippen molar-refractivity contribution in [2.24, 2.45) is 0 Å². The normalized spacial score (nSPS) is 11.1. The quantitative estimate of drug-likeness (QED) is 0.139. The van der Waals surface area contributed by atoms with Crippen LogP contribution in [0.5, 0.6) is 17.2 Å². The van der Waals surface area contributed by atoms with Gasteiger partial charge in [0.25, 0.3) is 11.8 Å². The molecule has 0 fully saturated rings. The molecule has 0 aliphatic rings. The molecule has 0 aromatic heterocycles. The largest absolute Gasteiger partial charge is 0.490 e. The number of halogens is 1. The first-order chi connectivity index (χ1) is 19.9. The van der Waals surface area contributed by atoms with Crippen LogP contribution in [-0.2, 0) is 4.79 Å². The van der Waals surface area contributed by atoms with Gasteiger partial charge in [-0.25, -0.2) is 0 Å². The van der Waals surface area contributed by atoms with Gasteiger partial charge in [0.15, 0.2) is 11.2 Å². The van der Waals surface area contributed by atoms with E-state index in [0.29, 0.717) is 46.7 Å². The van der Waals surface area contributed by atoms with Crippen LogP contribution in [0.4, 0.5) is 11.4 Å². The molecule has 2 amide bonds. The third-order valence-corrected chi connectivity index (χ3v) is 6.12. The second-order valence-electron chi connectivity index (χ2n) is 8.70. The van der Waals surface area contributed by atoms with Gasteiger partial charge in [0, 0.05) is 16.9 Å². The molecule has 0 saturated carbocycles. The first kappa shape index (κ1) is 29.4. The average Bonchev–Trinajstić information content (AvgIpc) is 2.98. The van der Waals surface area contributed by atoms with Crippen LogP contribution in [0.1, 0.15) is 17.3 Å². The Morgan fingerprint density at radius 2 is 1.39 bits per heavy atom. The summed E-state index contributed by atoms with van der Waals surface area (Å²) in [5.41, 5.74) is 1.59. The van der Waals surface area contributed by atoms with E-state index in [0.717, 1.165) is 5.75 Å². The molecule has 3 N–H and O–H groups in total. The summed E-state index contributed by atoms with van der Waals surface area (Å²) >= 11 is 11.4. The molecule has 4 rings (SSSR count). The molecule has 4 aromatic carbocycles. The Balaban J connectivity index is 1.22. The van der Waals surface area contributed by atoms with Crippen molar-refractivity contribution in [3.63, 3.8) is 0 Å². The van der Waals surface area contributed by atoms with Crippen LogP contribution < -0.4 is 30.2 Å². The van der Waals surface area contributed by atoms with Gasteiger partial charge < -0.3 is 24.8 Å². The summed E-state index contributed by atoms with van der Waals surface area (Å²) in [6, 6.07) is 30.0. The van der Waals surface area contributed by atoms with Crippen molar-refractivity contribution in [2.75, 3.05) is 23.8 Å². The van der Waals surface area contributed by atoms with Gasteiger partial charge in [-0.1, -0.05) is 48.0 Å². The fourth-order valence-electron chi connectivity index (χ4n) is 3.57. The van der Waals surface area contributed by atoms with E-state index in [2.05, 4.69) is 16.0 Å². The summed E-state index contributed by atoms with van der Waals surface area (Å²) < 4.78 is 17.0. The first-order valence-electron chi connectivity index (χ1n) is 12.7. The Kier molecular flexibility index (Phi) is 10.5. The van der Waals surface area contributed by atoms with Crippen LogP contribution in [0.3, 0.4) is 0 Å². The molecule has 4 aromatic rings. The molecular weight excluding hydrogens is 562 g/mol. The van der Waals surface area contributed by atoms with E-state index in [1.807, 2.05) is 30.3 Å². The minimum atomic E-state index is -0.762. The van der Waals surface area contributed by atoms with Gasteiger partial charge in [0.1, 0.15) is 30.5 Å². The summed E-state index contributed by atoms with van der Waals surface area (Å²) in [7, 11) is 0. The summed E-state index contributed by atoms with van der Waals surface area (Å²) in [5, 5.41) is 8.95. The van der Waals surface area contributed by atoms with Crippen molar-refractivity contribution >= 4 is 52.1 Å². The van der Waals surface area contributed by atoms with Crippen molar-refractivity contribution in [3.8, 4) is 17.2 Å². The number of anilines is 2. The lowest BCUT2D eigenvalue weighted by molar-refractivity contribution is -0.122. The van der Waals surface area contributed by atoms with E-state index in [1.54, 1.807) is 79.7 Å². The van der Waals surface area contributed by atoms with Crippen LogP contribution >= 0.6 is 23.8 Å². The van der Waals surface area contributed by atoms with Crippen molar-refractivity contribution in [2.45, 2.75) is 13.0 Å². The molecule has 0 spiro atoms. The molecule has 0 bridgehead atoms. The maximum absolute atomic E-state index is 12.7. The predicted octanol–water partition coefficient (Wildman–Crippen LogP) is 6.33. The average molecular weight is 590 g/mol. The van der Waals surface area contributed by atoms with Crippen LogP contribution in [0.15, 0.2) is 103 Å². The highest BCUT2D eigenvalue weighted by atomic mass is 35.5. The number of amides is 2. The zero-order valence-corrected chi connectivity index (χ0v) is 23.7. The summed E-state index contributed by atoms with van der Waals surface area (Å²) in [5.74, 6) is 1.02. The fraction of sp³-hybridized carbons (Fsp3) is 0.129. The van der Waals surface area contributed by atoms with E-state index in [4.69, 9.17) is 38.0 Å². The van der Waals surface area contributed by atoms with Gasteiger partial charge in [-0.2, -0.15) is 0 Å². The van der Waals surface area contributed by atoms with E-state index in [9.17, 15) is 9.59 Å². The molecule has 1 atom stereocenters. The van der Waals surface area contributed by atoms with Crippen LogP contribution in [0.25, 0.3) is 0 Å². The number of ether oxygens (including phenoxy) is 3. The lowest BCUT2D eigenvalue weighted by Crippen LogP contribution is -2.34. The smallest absolute Gasteiger partial charge is 0.265 e. The van der Waals surface area contributed by atoms with Gasteiger partial charge in [-0.15, -0.1) is 0 Å². The van der Waals surface area contributed by atoms with E-state index >= 15 is 0 Å². The second kappa shape index (κ2) is 14.7. The van der Waals surface area contributed by atoms with Crippen molar-refractivity contribution < 1.29 is 23.8 Å². The molecule has 210 valence electrons. The fourth-order valence-corrected chi connectivity index (χ4v) is 3.96. The molecule has 8 nitrogen and oxygen atoms in total. The molecule has 0 saturated heterocycles. The lowest BCUT2D eigenvalue weighted by Gasteiger charge is -2.16. The molecular formula is C31H28ClN3O5S. The number of para-hydroxylation sites is 2. The first-order valence-corrected chi connectivity index (χ1v) is 13.5. The Labute approximate surface area is 248 Å². The monoisotopic (exact) mass is 589 g/mol. The summed E-state index contributed by atoms with van der Waals surface area (Å²) in [6.07, 6.45) is -0.762. The van der Waals surface area contributed by atoms with Crippen molar-refractivity contribution in [1.29, 1.82) is 0 Å². The number of hydrogen-bond donors (Lipinski definition) is 3. The molecule has 0 aliphatic heterocycles. The highest BCUT2D eigenvalue weighted by molar-refractivity contribution is 7.80. The molecule has 1 unspecified atom stereocenters. The number of thiocarbonyl (C=S) groups is 1. The topological polar surface area (TPSA) is 97.9 Å². The molecule has 41 heavy (non-hydrogen) atoms. The zero-order valence-electron chi connectivity index (χ0n) is 22.1. The van der Waals surface area contributed by atoms with Crippen LogP contribution in [-0.4, -0.2) is 36.2 Å². The Hall–Kier alpha value is -4.60. The van der Waals surface area contributed by atoms with E-state index < -0.39 is 6.10 Å². The number of benzene rings is 4. The summed E-state index contributed by atoms with van der Waals surface area (Å²) in [4.78, 5) is 25.2. The SMILES string of the molecule is CC(Oc1ccccc1Cl)C(=O)Nc1ccc(NC(=S)NC(=O)c2cccc(OCCOc3ccccc3)c2)cc1. The second-order valence-corrected chi connectivity index (χ2v) is 9.52. The van der Waals surface area contributed by atoms with E-state index in [1.165, 1.54) is 0 Å². The third kappa shape index (κ3) is 9.23. The minimum Gasteiger partial charge on any atom is -0.490 e. The number of carbonyl (C=O) groups is 2. The molecule has 0 radical (unpaired) electrons. The Bertz CT molecular complexity index is 1480. The number of nitrogens with one attached hydrogen (secondary N) is 3. The standard InChI is InChI=1S/C31H28ClN3O5S/c1-21(40-28-13-6-5-12-27(28)32)29(36)33-23-14-16-24(17-15-23)34-31(41)35-30(37)22-8-7-11-26(20-22)39-19-18-38-25-9-3-2-4-10-25/h2-17,20-21H,18-19H2,1H3,(H,33,36)(H2,34,35,37,41).